The zero-order chi connectivity index (χ0) is 14.0. The van der Waals surface area contributed by atoms with Gasteiger partial charge in [0.2, 0.25) is 0 Å². The van der Waals surface area contributed by atoms with Crippen molar-refractivity contribution in [2.45, 2.75) is 65.0 Å². The summed E-state index contributed by atoms with van der Waals surface area (Å²) in [6.07, 6.45) is 4.17. The fraction of sp³-hybridized carbons (Fsp3) is 0.846. The fourth-order valence-corrected chi connectivity index (χ4v) is 2.38. The number of amides is 2. The Morgan fingerprint density at radius 3 is 2.44 bits per heavy atom. The summed E-state index contributed by atoms with van der Waals surface area (Å²) < 4.78 is 0. The molecule has 0 spiro atoms. The molecule has 2 amide bonds. The van der Waals surface area contributed by atoms with Gasteiger partial charge in [0.15, 0.2) is 0 Å². The lowest BCUT2D eigenvalue weighted by Crippen LogP contribution is -2.55. The average Bonchev–Trinajstić information content (AvgIpc) is 2.13. The molecule has 0 aromatic carbocycles. The van der Waals surface area contributed by atoms with E-state index in [0.717, 1.165) is 19.3 Å². The highest BCUT2D eigenvalue weighted by molar-refractivity contribution is 5.85. The third-order valence-electron chi connectivity index (χ3n) is 3.50. The Morgan fingerprint density at radius 1 is 1.33 bits per heavy atom. The average molecular weight is 256 g/mol. The molecule has 0 saturated heterocycles. The van der Waals surface area contributed by atoms with Crippen molar-refractivity contribution in [2.75, 3.05) is 0 Å². The molecule has 0 heterocycles. The maximum absolute atomic E-state index is 11.8. The van der Waals surface area contributed by atoms with Crippen molar-refractivity contribution in [3.05, 3.63) is 0 Å². The first-order valence-corrected chi connectivity index (χ1v) is 6.44. The molecule has 1 atom stereocenters. The number of rotatable bonds is 3. The molecule has 104 valence electrons. The molecule has 1 unspecified atom stereocenters. The topological polar surface area (TPSA) is 78.4 Å². The van der Waals surface area contributed by atoms with Crippen LogP contribution in [-0.2, 0) is 4.79 Å². The smallest absolute Gasteiger partial charge is 0.328 e. The number of hydrogen-bond donors (Lipinski definition) is 3. The minimum Gasteiger partial charge on any atom is -0.480 e. The van der Waals surface area contributed by atoms with E-state index < -0.39 is 17.5 Å². The molecule has 1 aliphatic rings. The number of carboxylic acids is 1. The van der Waals surface area contributed by atoms with Crippen LogP contribution in [0.4, 0.5) is 4.79 Å². The van der Waals surface area contributed by atoms with E-state index in [0.29, 0.717) is 0 Å². The molecular weight excluding hydrogens is 232 g/mol. The molecule has 0 aromatic heterocycles. The van der Waals surface area contributed by atoms with Crippen molar-refractivity contribution in [2.24, 2.45) is 5.41 Å². The van der Waals surface area contributed by atoms with E-state index in [4.69, 9.17) is 5.11 Å². The van der Waals surface area contributed by atoms with Crippen LogP contribution >= 0.6 is 0 Å². The van der Waals surface area contributed by atoms with E-state index in [1.165, 1.54) is 20.3 Å². The number of carbonyl (C=O) groups excluding carboxylic acids is 1. The van der Waals surface area contributed by atoms with Gasteiger partial charge >= 0.3 is 12.0 Å². The molecule has 0 aromatic rings. The van der Waals surface area contributed by atoms with Crippen LogP contribution in [0.3, 0.4) is 0 Å². The first kappa shape index (κ1) is 14.8. The quantitative estimate of drug-likeness (QED) is 0.723. The molecule has 1 saturated carbocycles. The van der Waals surface area contributed by atoms with Crippen molar-refractivity contribution in [3.63, 3.8) is 0 Å². The Morgan fingerprint density at radius 2 is 1.94 bits per heavy atom. The van der Waals surface area contributed by atoms with Crippen LogP contribution in [0, 0.1) is 5.41 Å². The molecule has 0 radical (unpaired) electrons. The minimum absolute atomic E-state index is 0.137. The number of carbonyl (C=O) groups is 2. The van der Waals surface area contributed by atoms with Gasteiger partial charge in [-0.25, -0.2) is 9.59 Å². The molecule has 3 N–H and O–H groups in total. The summed E-state index contributed by atoms with van der Waals surface area (Å²) >= 11 is 0. The summed E-state index contributed by atoms with van der Waals surface area (Å²) in [7, 11) is 0. The van der Waals surface area contributed by atoms with Gasteiger partial charge in [-0.1, -0.05) is 20.3 Å². The molecule has 5 heteroatoms. The SMILES string of the molecule is CC1(C)CCCC(NC(=O)NC(C)(C)C(=O)O)C1. The maximum atomic E-state index is 11.8. The third-order valence-corrected chi connectivity index (χ3v) is 3.50. The van der Waals surface area contributed by atoms with Crippen LogP contribution in [0.25, 0.3) is 0 Å². The Kier molecular flexibility index (Phi) is 4.24. The monoisotopic (exact) mass is 256 g/mol. The van der Waals surface area contributed by atoms with Gasteiger partial charge in [0.25, 0.3) is 0 Å². The van der Waals surface area contributed by atoms with Crippen molar-refractivity contribution >= 4 is 12.0 Å². The normalized spacial score (nSPS) is 23.2. The first-order valence-electron chi connectivity index (χ1n) is 6.44. The Hall–Kier alpha value is -1.26. The van der Waals surface area contributed by atoms with Crippen molar-refractivity contribution in [1.29, 1.82) is 0 Å². The molecule has 0 bridgehead atoms. The van der Waals surface area contributed by atoms with Gasteiger partial charge in [0.05, 0.1) is 0 Å². The van der Waals surface area contributed by atoms with Crippen LogP contribution in [0.5, 0.6) is 0 Å². The number of hydrogen-bond acceptors (Lipinski definition) is 2. The summed E-state index contributed by atoms with van der Waals surface area (Å²) in [6.45, 7) is 7.33. The van der Waals surface area contributed by atoms with Gasteiger partial charge in [-0.3, -0.25) is 0 Å². The largest absolute Gasteiger partial charge is 0.480 e. The number of carboxylic acid groups (broad SMARTS) is 1. The predicted molar refractivity (Wildman–Crippen MR) is 69.4 cm³/mol. The molecular formula is C13H24N2O3. The number of urea groups is 1. The summed E-state index contributed by atoms with van der Waals surface area (Å²) in [5, 5.41) is 14.3. The molecule has 5 nitrogen and oxygen atoms in total. The second-order valence-corrected chi connectivity index (χ2v) is 6.49. The van der Waals surface area contributed by atoms with Crippen LogP contribution in [0.15, 0.2) is 0 Å². The van der Waals surface area contributed by atoms with Crippen molar-refractivity contribution in [3.8, 4) is 0 Å². The van der Waals surface area contributed by atoms with E-state index in [2.05, 4.69) is 24.5 Å². The van der Waals surface area contributed by atoms with E-state index in [-0.39, 0.29) is 11.5 Å². The van der Waals surface area contributed by atoms with Gasteiger partial charge in [0.1, 0.15) is 5.54 Å². The van der Waals surface area contributed by atoms with E-state index in [1.807, 2.05) is 0 Å². The van der Waals surface area contributed by atoms with E-state index in [9.17, 15) is 9.59 Å². The lowest BCUT2D eigenvalue weighted by atomic mass is 9.75. The minimum atomic E-state index is -1.24. The Labute approximate surface area is 108 Å². The maximum Gasteiger partial charge on any atom is 0.328 e. The molecule has 1 aliphatic carbocycles. The van der Waals surface area contributed by atoms with Crippen LogP contribution in [0.2, 0.25) is 0 Å². The Balaban J connectivity index is 2.48. The molecule has 1 rings (SSSR count). The highest BCUT2D eigenvalue weighted by atomic mass is 16.4. The van der Waals surface area contributed by atoms with Crippen LogP contribution in [-0.4, -0.2) is 28.7 Å². The van der Waals surface area contributed by atoms with Crippen molar-refractivity contribution < 1.29 is 14.7 Å². The third kappa shape index (κ3) is 4.20. The standard InChI is InChI=1S/C13H24N2O3/c1-12(2)7-5-6-9(8-12)14-11(18)15-13(3,4)10(16)17/h9H,5-8H2,1-4H3,(H,16,17)(H2,14,15,18). The van der Waals surface area contributed by atoms with Gasteiger partial charge in [0, 0.05) is 6.04 Å². The highest BCUT2D eigenvalue weighted by Gasteiger charge is 2.32. The summed E-state index contributed by atoms with van der Waals surface area (Å²) in [5.41, 5.74) is -0.993. The lowest BCUT2D eigenvalue weighted by molar-refractivity contribution is -0.142. The lowest BCUT2D eigenvalue weighted by Gasteiger charge is -2.36. The predicted octanol–water partition coefficient (Wildman–Crippen LogP) is 2.12. The fourth-order valence-electron chi connectivity index (χ4n) is 2.38. The summed E-state index contributed by atoms with van der Waals surface area (Å²) in [5.74, 6) is -1.04. The first-order chi connectivity index (χ1) is 8.12. The van der Waals surface area contributed by atoms with Crippen molar-refractivity contribution in [1.82, 2.24) is 10.6 Å². The van der Waals surface area contributed by atoms with Gasteiger partial charge < -0.3 is 15.7 Å². The van der Waals surface area contributed by atoms with E-state index in [1.54, 1.807) is 0 Å². The highest BCUT2D eigenvalue weighted by Crippen LogP contribution is 2.34. The molecule has 18 heavy (non-hydrogen) atoms. The number of aliphatic carboxylic acids is 1. The van der Waals surface area contributed by atoms with Gasteiger partial charge in [-0.05, 0) is 38.5 Å². The van der Waals surface area contributed by atoms with E-state index >= 15 is 0 Å². The van der Waals surface area contributed by atoms with Crippen LogP contribution in [0.1, 0.15) is 53.4 Å². The molecule has 1 fully saturated rings. The second kappa shape index (κ2) is 5.16. The summed E-state index contributed by atoms with van der Waals surface area (Å²) in [6, 6.07) is -0.261. The van der Waals surface area contributed by atoms with Gasteiger partial charge in [-0.15, -0.1) is 0 Å². The zero-order valence-corrected chi connectivity index (χ0v) is 11.7. The summed E-state index contributed by atoms with van der Waals surface area (Å²) in [4.78, 5) is 22.7. The van der Waals surface area contributed by atoms with Gasteiger partial charge in [-0.2, -0.15) is 0 Å². The second-order valence-electron chi connectivity index (χ2n) is 6.49. The van der Waals surface area contributed by atoms with Crippen LogP contribution < -0.4 is 10.6 Å². The zero-order valence-electron chi connectivity index (χ0n) is 11.7. The number of nitrogens with one attached hydrogen (secondary N) is 2. The Bertz CT molecular complexity index is 337. The molecule has 0 aliphatic heterocycles.